The number of para-hydroxylation sites is 1. The van der Waals surface area contributed by atoms with E-state index in [0.717, 1.165) is 16.5 Å². The number of aromatic nitrogens is 1. The summed E-state index contributed by atoms with van der Waals surface area (Å²) in [6.45, 7) is 2.02. The molecule has 1 aliphatic rings. The minimum Gasteiger partial charge on any atom is -0.480 e. The van der Waals surface area contributed by atoms with E-state index < -0.39 is 12.0 Å². The first kappa shape index (κ1) is 13.0. The molecular weight excluding hydrogens is 256 g/mol. The van der Waals surface area contributed by atoms with Crippen LogP contribution in [0.5, 0.6) is 0 Å². The predicted molar refractivity (Wildman–Crippen MR) is 74.4 cm³/mol. The van der Waals surface area contributed by atoms with Crippen molar-refractivity contribution in [1.29, 1.82) is 0 Å². The fourth-order valence-electron chi connectivity index (χ4n) is 2.57. The molecule has 1 saturated heterocycles. The molecule has 1 fully saturated rings. The third-order valence-electron chi connectivity index (χ3n) is 3.61. The lowest BCUT2D eigenvalue weighted by molar-refractivity contribution is -0.150. The molecule has 20 heavy (non-hydrogen) atoms. The molecule has 2 heterocycles. The van der Waals surface area contributed by atoms with Crippen molar-refractivity contribution in [2.24, 2.45) is 0 Å². The summed E-state index contributed by atoms with van der Waals surface area (Å²) >= 11 is 0. The first-order chi connectivity index (χ1) is 9.75. The zero-order chi connectivity index (χ0) is 13.9. The first-order valence-electron chi connectivity index (χ1n) is 6.63. The maximum absolute atomic E-state index is 11.3. The molecule has 5 nitrogen and oxygen atoms in total. The summed E-state index contributed by atoms with van der Waals surface area (Å²) in [5, 5.41) is 10.3. The third kappa shape index (κ3) is 2.50. The molecule has 0 saturated carbocycles. The van der Waals surface area contributed by atoms with E-state index in [4.69, 9.17) is 4.74 Å². The van der Waals surface area contributed by atoms with Crippen LogP contribution in [0.3, 0.4) is 0 Å². The number of carboxylic acid groups (broad SMARTS) is 1. The second-order valence-corrected chi connectivity index (χ2v) is 4.89. The minimum absolute atomic E-state index is 0.244. The maximum atomic E-state index is 11.3. The highest BCUT2D eigenvalue weighted by Crippen LogP contribution is 2.19. The van der Waals surface area contributed by atoms with Crippen molar-refractivity contribution < 1.29 is 14.6 Å². The number of fused-ring (bicyclic) bond motifs is 1. The smallest absolute Gasteiger partial charge is 0.323 e. The molecule has 3 rings (SSSR count). The topological polar surface area (TPSA) is 62.7 Å². The van der Waals surface area contributed by atoms with Gasteiger partial charge in [0.1, 0.15) is 6.04 Å². The number of ether oxygens (including phenoxy) is 1. The van der Waals surface area contributed by atoms with Gasteiger partial charge >= 0.3 is 5.97 Å². The van der Waals surface area contributed by atoms with Crippen molar-refractivity contribution in [3.8, 4) is 0 Å². The average molecular weight is 272 g/mol. The number of nitrogens with zero attached hydrogens (tertiary/aromatic N) is 2. The van der Waals surface area contributed by atoms with Crippen molar-refractivity contribution in [3.05, 3.63) is 42.1 Å². The number of hydrogen-bond donors (Lipinski definition) is 1. The van der Waals surface area contributed by atoms with Gasteiger partial charge in [0.2, 0.25) is 0 Å². The molecule has 1 aromatic heterocycles. The predicted octanol–water partition coefficient (Wildman–Crippen LogP) is 1.52. The first-order valence-corrected chi connectivity index (χ1v) is 6.63. The highest BCUT2D eigenvalue weighted by atomic mass is 16.5. The van der Waals surface area contributed by atoms with E-state index in [9.17, 15) is 9.90 Å². The van der Waals surface area contributed by atoms with Gasteiger partial charge in [-0.3, -0.25) is 14.7 Å². The van der Waals surface area contributed by atoms with Gasteiger partial charge in [0.15, 0.2) is 0 Å². The van der Waals surface area contributed by atoms with Crippen LogP contribution in [-0.2, 0) is 16.1 Å². The number of benzene rings is 1. The van der Waals surface area contributed by atoms with Crippen molar-refractivity contribution >= 4 is 16.9 Å². The van der Waals surface area contributed by atoms with Gasteiger partial charge < -0.3 is 9.84 Å². The van der Waals surface area contributed by atoms with E-state index in [0.29, 0.717) is 19.7 Å². The standard InChI is InChI=1S/C15H16N2O3/c18-15(19)13-10-20-8-7-17(13)9-12-4-1-3-11-5-2-6-16-14(11)12/h1-6,13H,7-10H2,(H,18,19). The lowest BCUT2D eigenvalue weighted by atomic mass is 10.1. The highest BCUT2D eigenvalue weighted by Gasteiger charge is 2.29. The monoisotopic (exact) mass is 272 g/mol. The normalized spacial score (nSPS) is 20.1. The summed E-state index contributed by atoms with van der Waals surface area (Å²) in [4.78, 5) is 17.6. The SMILES string of the molecule is O=C(O)C1COCCN1Cc1cccc2cccnc12. The van der Waals surface area contributed by atoms with Gasteiger partial charge in [-0.15, -0.1) is 0 Å². The minimum atomic E-state index is -0.835. The second kappa shape index (κ2) is 5.56. The number of rotatable bonds is 3. The van der Waals surface area contributed by atoms with Crippen LogP contribution in [-0.4, -0.2) is 46.8 Å². The van der Waals surface area contributed by atoms with Gasteiger partial charge in [-0.25, -0.2) is 0 Å². The Balaban J connectivity index is 1.90. The molecule has 0 spiro atoms. The molecule has 1 unspecified atom stereocenters. The molecule has 1 atom stereocenters. The summed E-state index contributed by atoms with van der Waals surface area (Å²) in [6.07, 6.45) is 1.76. The van der Waals surface area contributed by atoms with Crippen molar-refractivity contribution in [3.63, 3.8) is 0 Å². The average Bonchev–Trinajstić information content (AvgIpc) is 2.48. The molecule has 0 radical (unpaired) electrons. The van der Waals surface area contributed by atoms with Gasteiger partial charge in [0.25, 0.3) is 0 Å². The molecule has 5 heteroatoms. The summed E-state index contributed by atoms with van der Waals surface area (Å²) < 4.78 is 5.26. The Morgan fingerprint density at radius 2 is 2.25 bits per heavy atom. The Bertz CT molecular complexity index is 624. The maximum Gasteiger partial charge on any atom is 0.323 e. The van der Waals surface area contributed by atoms with Gasteiger partial charge in [-0.1, -0.05) is 24.3 Å². The zero-order valence-electron chi connectivity index (χ0n) is 11.0. The van der Waals surface area contributed by atoms with Crippen LogP contribution in [0.25, 0.3) is 10.9 Å². The molecule has 1 N–H and O–H groups in total. The van der Waals surface area contributed by atoms with E-state index in [-0.39, 0.29) is 6.61 Å². The molecule has 0 amide bonds. The number of carbonyl (C=O) groups is 1. The fourth-order valence-corrected chi connectivity index (χ4v) is 2.57. The third-order valence-corrected chi connectivity index (χ3v) is 3.61. The number of pyridine rings is 1. The summed E-state index contributed by atoms with van der Waals surface area (Å²) in [6, 6.07) is 9.34. The highest BCUT2D eigenvalue weighted by molar-refractivity contribution is 5.81. The quantitative estimate of drug-likeness (QED) is 0.918. The molecule has 0 bridgehead atoms. The Morgan fingerprint density at radius 3 is 3.10 bits per heavy atom. The molecule has 1 aliphatic heterocycles. The Kier molecular flexibility index (Phi) is 3.62. The van der Waals surface area contributed by atoms with Crippen LogP contribution >= 0.6 is 0 Å². The van der Waals surface area contributed by atoms with Crippen LogP contribution < -0.4 is 0 Å². The molecule has 0 aliphatic carbocycles. The fraction of sp³-hybridized carbons (Fsp3) is 0.333. The Morgan fingerprint density at radius 1 is 1.40 bits per heavy atom. The van der Waals surface area contributed by atoms with Gasteiger partial charge in [0, 0.05) is 24.7 Å². The Labute approximate surface area is 116 Å². The van der Waals surface area contributed by atoms with E-state index in [1.807, 2.05) is 35.2 Å². The largest absolute Gasteiger partial charge is 0.480 e. The Hall–Kier alpha value is -1.98. The second-order valence-electron chi connectivity index (χ2n) is 4.89. The summed E-state index contributed by atoms with van der Waals surface area (Å²) in [5.74, 6) is -0.835. The van der Waals surface area contributed by atoms with E-state index in [2.05, 4.69) is 4.98 Å². The number of hydrogen-bond acceptors (Lipinski definition) is 4. The van der Waals surface area contributed by atoms with Crippen LogP contribution in [0.4, 0.5) is 0 Å². The van der Waals surface area contributed by atoms with Crippen LogP contribution in [0.1, 0.15) is 5.56 Å². The van der Waals surface area contributed by atoms with Gasteiger partial charge in [-0.2, -0.15) is 0 Å². The zero-order valence-corrected chi connectivity index (χ0v) is 11.0. The van der Waals surface area contributed by atoms with E-state index >= 15 is 0 Å². The van der Waals surface area contributed by atoms with Gasteiger partial charge in [0.05, 0.1) is 18.7 Å². The number of carboxylic acids is 1. The van der Waals surface area contributed by atoms with Crippen molar-refractivity contribution in [1.82, 2.24) is 9.88 Å². The lowest BCUT2D eigenvalue weighted by Crippen LogP contribution is -2.49. The van der Waals surface area contributed by atoms with Crippen LogP contribution in [0.2, 0.25) is 0 Å². The van der Waals surface area contributed by atoms with E-state index in [1.165, 1.54) is 0 Å². The summed E-state index contributed by atoms with van der Waals surface area (Å²) in [5.41, 5.74) is 1.99. The molecule has 1 aromatic carbocycles. The molecule has 2 aromatic rings. The molecule has 104 valence electrons. The lowest BCUT2D eigenvalue weighted by Gasteiger charge is -2.32. The van der Waals surface area contributed by atoms with Crippen LogP contribution in [0.15, 0.2) is 36.5 Å². The number of aliphatic carboxylic acids is 1. The number of morpholine rings is 1. The van der Waals surface area contributed by atoms with Crippen LogP contribution in [0, 0.1) is 0 Å². The summed E-state index contributed by atoms with van der Waals surface area (Å²) in [7, 11) is 0. The van der Waals surface area contributed by atoms with Gasteiger partial charge in [-0.05, 0) is 11.6 Å². The van der Waals surface area contributed by atoms with Crippen molar-refractivity contribution in [2.75, 3.05) is 19.8 Å². The van der Waals surface area contributed by atoms with E-state index in [1.54, 1.807) is 6.20 Å². The molecular formula is C15H16N2O3. The van der Waals surface area contributed by atoms with Crippen molar-refractivity contribution in [2.45, 2.75) is 12.6 Å².